The number of carboxylic acids is 1. The zero-order chi connectivity index (χ0) is 27.6. The van der Waals surface area contributed by atoms with Crippen LogP contribution in [0.1, 0.15) is 35.1 Å². The average molecular weight is 535 g/mol. The number of nitrogens with zero attached hydrogens (tertiary/aromatic N) is 2. The largest absolute Gasteiger partial charge is 0.478 e. The molecule has 0 aliphatic carbocycles. The molecule has 2 heterocycles. The fourth-order valence-electron chi connectivity index (χ4n) is 4.91. The first kappa shape index (κ1) is 27.1. The van der Waals surface area contributed by atoms with Gasteiger partial charge in [-0.2, -0.15) is 13.2 Å². The zero-order valence-electron chi connectivity index (χ0n) is 20.8. The number of likely N-dealkylation sites (tertiary alicyclic amines) is 1. The number of fused-ring (bicyclic) bond motifs is 1. The minimum atomic E-state index is -4.71. The maximum absolute atomic E-state index is 13.3. The van der Waals surface area contributed by atoms with Crippen molar-refractivity contribution in [2.24, 2.45) is 0 Å². The molecule has 1 atom stereocenters. The van der Waals surface area contributed by atoms with Crippen LogP contribution in [0.25, 0.3) is 0 Å². The van der Waals surface area contributed by atoms with E-state index in [1.54, 1.807) is 4.90 Å². The summed E-state index contributed by atoms with van der Waals surface area (Å²) in [6.07, 6.45) is -6.07. The van der Waals surface area contributed by atoms with Crippen LogP contribution in [0, 0.1) is 6.92 Å². The zero-order valence-corrected chi connectivity index (χ0v) is 20.8. The lowest BCUT2D eigenvalue weighted by molar-refractivity contribution is -0.147. The average Bonchev–Trinajstić information content (AvgIpc) is 3.03. The number of para-hydroxylation sites is 1. The molecular formula is C26H29F3N4O5. The van der Waals surface area contributed by atoms with Gasteiger partial charge in [0.25, 0.3) is 0 Å². The summed E-state index contributed by atoms with van der Waals surface area (Å²) >= 11 is 0. The Balaban J connectivity index is 1.36. The van der Waals surface area contributed by atoms with Crippen LogP contribution < -0.4 is 11.1 Å². The van der Waals surface area contributed by atoms with E-state index in [0.717, 1.165) is 17.3 Å². The summed E-state index contributed by atoms with van der Waals surface area (Å²) in [5.74, 6) is -1.47. The Morgan fingerprint density at radius 3 is 2.53 bits per heavy atom. The van der Waals surface area contributed by atoms with Crippen molar-refractivity contribution < 1.29 is 37.4 Å². The number of nitrogens with two attached hydrogens (primary N) is 1. The summed E-state index contributed by atoms with van der Waals surface area (Å²) in [5, 5.41) is 12.5. The molecule has 0 aromatic heterocycles. The third-order valence-electron chi connectivity index (χ3n) is 7.00. The lowest BCUT2D eigenvalue weighted by Gasteiger charge is -2.37. The molecule has 4 rings (SSSR count). The van der Waals surface area contributed by atoms with Crippen molar-refractivity contribution in [3.8, 4) is 0 Å². The lowest BCUT2D eigenvalue weighted by Crippen LogP contribution is -2.50. The molecule has 2 aromatic carbocycles. The lowest BCUT2D eigenvalue weighted by atomic mass is 9.99. The highest BCUT2D eigenvalue weighted by atomic mass is 19.4. The minimum Gasteiger partial charge on any atom is -0.478 e. The number of hydrogen-bond acceptors (Lipinski definition) is 5. The van der Waals surface area contributed by atoms with Gasteiger partial charge in [0, 0.05) is 43.5 Å². The molecule has 204 valence electrons. The monoisotopic (exact) mass is 534 g/mol. The number of piperidine rings is 1. The highest BCUT2D eigenvalue weighted by Crippen LogP contribution is 2.36. The summed E-state index contributed by atoms with van der Waals surface area (Å²) in [5.41, 5.74) is 6.06. The summed E-state index contributed by atoms with van der Waals surface area (Å²) in [6, 6.07) is 9.40. The standard InChI is InChI=1S/C26H29F3N4O5/c1-15-12-16(13-19(22(15)30)26(27,28)29)14-21(23(34)35)38-25(37)32-9-7-18(8-10-32)33-11-6-17-4-2-3-5-20(17)31-24(33)36/h2-5,12-13,18,21H,6-11,14,30H2,1H3,(H,31,36)(H,34,35)/t21-/m1/s1. The second kappa shape index (κ2) is 10.8. The number of alkyl halides is 3. The number of aryl methyl sites for hydroxylation is 1. The molecule has 0 spiro atoms. The van der Waals surface area contributed by atoms with Crippen LogP contribution in [-0.2, 0) is 28.5 Å². The number of rotatable bonds is 5. The molecule has 2 aromatic rings. The van der Waals surface area contributed by atoms with Crippen LogP contribution in [0.15, 0.2) is 36.4 Å². The number of anilines is 2. The van der Waals surface area contributed by atoms with Crippen LogP contribution in [0.3, 0.4) is 0 Å². The molecule has 2 aliphatic heterocycles. The van der Waals surface area contributed by atoms with Crippen molar-refractivity contribution in [1.82, 2.24) is 9.80 Å². The highest BCUT2D eigenvalue weighted by molar-refractivity contribution is 5.91. The van der Waals surface area contributed by atoms with Gasteiger partial charge in [0.15, 0.2) is 0 Å². The smallest absolute Gasteiger partial charge is 0.418 e. The Labute approximate surface area is 217 Å². The Morgan fingerprint density at radius 1 is 1.18 bits per heavy atom. The molecule has 38 heavy (non-hydrogen) atoms. The number of hydrogen-bond donors (Lipinski definition) is 3. The van der Waals surface area contributed by atoms with Crippen molar-refractivity contribution in [3.05, 3.63) is 58.7 Å². The van der Waals surface area contributed by atoms with E-state index in [9.17, 15) is 32.7 Å². The van der Waals surface area contributed by atoms with Crippen LogP contribution >= 0.6 is 0 Å². The molecule has 1 fully saturated rings. The molecule has 0 radical (unpaired) electrons. The number of urea groups is 1. The number of nitrogen functional groups attached to an aromatic ring is 1. The van der Waals surface area contributed by atoms with Crippen molar-refractivity contribution >= 4 is 29.5 Å². The molecule has 1 saturated heterocycles. The first-order valence-corrected chi connectivity index (χ1v) is 12.2. The van der Waals surface area contributed by atoms with Gasteiger partial charge < -0.3 is 30.7 Å². The van der Waals surface area contributed by atoms with Crippen molar-refractivity contribution in [2.75, 3.05) is 30.7 Å². The van der Waals surface area contributed by atoms with Gasteiger partial charge in [-0.1, -0.05) is 24.3 Å². The Kier molecular flexibility index (Phi) is 7.70. The maximum atomic E-state index is 13.3. The van der Waals surface area contributed by atoms with E-state index in [0.29, 0.717) is 25.8 Å². The number of amides is 3. The Bertz CT molecular complexity index is 1230. The van der Waals surface area contributed by atoms with E-state index in [1.165, 1.54) is 17.9 Å². The SMILES string of the molecule is Cc1cc(C[C@@H](OC(=O)N2CCC(N3CCc4ccccc4NC3=O)CC2)C(=O)O)cc(C(F)(F)F)c1N. The van der Waals surface area contributed by atoms with Crippen LogP contribution in [0.2, 0.25) is 0 Å². The Hall–Kier alpha value is -3.96. The Morgan fingerprint density at radius 2 is 1.87 bits per heavy atom. The number of halogens is 3. The molecule has 2 aliphatic rings. The number of carboxylic acid groups (broad SMARTS) is 1. The second-order valence-corrected chi connectivity index (χ2v) is 9.54. The van der Waals surface area contributed by atoms with Gasteiger partial charge in [-0.05, 0) is 55.0 Å². The second-order valence-electron chi connectivity index (χ2n) is 9.54. The molecule has 3 amide bonds. The van der Waals surface area contributed by atoms with E-state index in [-0.39, 0.29) is 36.3 Å². The first-order chi connectivity index (χ1) is 17.9. The van der Waals surface area contributed by atoms with Gasteiger partial charge in [0.05, 0.1) is 5.56 Å². The van der Waals surface area contributed by atoms with Crippen LogP contribution in [0.4, 0.5) is 34.1 Å². The normalized spacial score (nSPS) is 17.3. The maximum Gasteiger partial charge on any atom is 0.418 e. The predicted molar refractivity (Wildman–Crippen MR) is 133 cm³/mol. The summed E-state index contributed by atoms with van der Waals surface area (Å²) in [4.78, 5) is 40.4. The van der Waals surface area contributed by atoms with Gasteiger partial charge in [-0.25, -0.2) is 14.4 Å². The quantitative estimate of drug-likeness (QED) is 0.492. The molecule has 0 saturated carbocycles. The first-order valence-electron chi connectivity index (χ1n) is 12.2. The topological polar surface area (TPSA) is 125 Å². The van der Waals surface area contributed by atoms with Gasteiger partial charge in [0.2, 0.25) is 6.10 Å². The van der Waals surface area contributed by atoms with Gasteiger partial charge in [0.1, 0.15) is 0 Å². The van der Waals surface area contributed by atoms with E-state index in [2.05, 4.69) is 5.32 Å². The van der Waals surface area contributed by atoms with Crippen molar-refractivity contribution in [1.29, 1.82) is 0 Å². The molecule has 9 nitrogen and oxygen atoms in total. The molecule has 12 heteroatoms. The van der Waals surface area contributed by atoms with E-state index >= 15 is 0 Å². The number of carbonyl (C=O) groups is 3. The van der Waals surface area contributed by atoms with Gasteiger partial charge >= 0.3 is 24.3 Å². The van der Waals surface area contributed by atoms with E-state index < -0.39 is 42.0 Å². The minimum absolute atomic E-state index is 0.0381. The molecule has 0 bridgehead atoms. The summed E-state index contributed by atoms with van der Waals surface area (Å²) in [6.45, 7) is 2.40. The highest BCUT2D eigenvalue weighted by Gasteiger charge is 2.36. The number of nitrogens with one attached hydrogen (secondary N) is 1. The van der Waals surface area contributed by atoms with Gasteiger partial charge in [-0.15, -0.1) is 0 Å². The third kappa shape index (κ3) is 5.95. The number of carbonyl (C=O) groups excluding carboxylic acids is 2. The predicted octanol–water partition coefficient (Wildman–Crippen LogP) is 4.28. The van der Waals surface area contributed by atoms with E-state index in [1.807, 2.05) is 24.3 Å². The van der Waals surface area contributed by atoms with Crippen LogP contribution in [-0.4, -0.2) is 64.8 Å². The fraction of sp³-hybridized carbons (Fsp3) is 0.423. The number of ether oxygens (including phenoxy) is 1. The van der Waals surface area contributed by atoms with Crippen LogP contribution in [0.5, 0.6) is 0 Å². The molecule has 0 unspecified atom stereocenters. The molecular weight excluding hydrogens is 505 g/mol. The van der Waals surface area contributed by atoms with Crippen molar-refractivity contribution in [2.45, 2.75) is 50.9 Å². The van der Waals surface area contributed by atoms with Crippen molar-refractivity contribution in [3.63, 3.8) is 0 Å². The van der Waals surface area contributed by atoms with E-state index in [4.69, 9.17) is 10.5 Å². The van der Waals surface area contributed by atoms with Gasteiger partial charge in [-0.3, -0.25) is 0 Å². The third-order valence-corrected chi connectivity index (χ3v) is 7.00. The number of aliphatic carboxylic acids is 1. The fourth-order valence-corrected chi connectivity index (χ4v) is 4.91. The molecule has 4 N–H and O–H groups in total. The summed E-state index contributed by atoms with van der Waals surface area (Å²) < 4.78 is 45.2. The summed E-state index contributed by atoms with van der Waals surface area (Å²) in [7, 11) is 0. The number of benzene rings is 2.